The molecule has 2 aromatic carbocycles. The van der Waals surface area contributed by atoms with Gasteiger partial charge in [0.2, 0.25) is 5.16 Å². The summed E-state index contributed by atoms with van der Waals surface area (Å²) in [5, 5.41) is 12.8. The summed E-state index contributed by atoms with van der Waals surface area (Å²) in [6, 6.07) is 14.3. The molecule has 0 aliphatic carbocycles. The molecule has 0 spiro atoms. The lowest BCUT2D eigenvalue weighted by atomic mass is 10.1. The Morgan fingerprint density at radius 2 is 1.83 bits per heavy atom. The van der Waals surface area contributed by atoms with Crippen molar-refractivity contribution in [3.05, 3.63) is 59.2 Å². The van der Waals surface area contributed by atoms with Crippen LogP contribution in [0.25, 0.3) is 5.69 Å². The summed E-state index contributed by atoms with van der Waals surface area (Å²) in [5.74, 6) is 1.56. The Hall–Kier alpha value is -2.34. The highest BCUT2D eigenvalue weighted by Crippen LogP contribution is 2.27. The average molecular weight is 326 g/mol. The maximum absolute atomic E-state index is 5.39. The molecule has 0 aliphatic rings. The van der Waals surface area contributed by atoms with E-state index in [2.05, 4.69) is 47.6 Å². The number of tetrazole rings is 1. The second kappa shape index (κ2) is 6.83. The predicted octanol–water partition coefficient (Wildman–Crippen LogP) is 3.58. The Balaban J connectivity index is 1.84. The number of hydrogen-bond acceptors (Lipinski definition) is 5. The quantitative estimate of drug-likeness (QED) is 0.671. The smallest absolute Gasteiger partial charge is 0.214 e. The molecule has 6 heteroatoms. The largest absolute Gasteiger partial charge is 0.494 e. The van der Waals surface area contributed by atoms with Crippen molar-refractivity contribution in [3.63, 3.8) is 0 Å². The number of aromatic nitrogens is 4. The molecule has 23 heavy (non-hydrogen) atoms. The van der Waals surface area contributed by atoms with Gasteiger partial charge in [0.15, 0.2) is 0 Å². The third-order valence-corrected chi connectivity index (χ3v) is 4.39. The van der Waals surface area contributed by atoms with Gasteiger partial charge in [0, 0.05) is 5.75 Å². The van der Waals surface area contributed by atoms with Crippen LogP contribution in [0.4, 0.5) is 0 Å². The fourth-order valence-electron chi connectivity index (χ4n) is 2.53. The van der Waals surface area contributed by atoms with Crippen LogP contribution >= 0.6 is 11.8 Å². The molecular weight excluding hydrogens is 308 g/mol. The molecule has 1 aromatic heterocycles. The maximum Gasteiger partial charge on any atom is 0.214 e. The normalized spacial score (nSPS) is 10.7. The summed E-state index contributed by atoms with van der Waals surface area (Å²) < 4.78 is 7.11. The Bertz CT molecular complexity index is 796. The molecule has 3 aromatic rings. The first-order valence-electron chi connectivity index (χ1n) is 7.29. The predicted molar refractivity (Wildman–Crippen MR) is 91.2 cm³/mol. The van der Waals surface area contributed by atoms with Crippen molar-refractivity contribution >= 4 is 11.8 Å². The SMILES string of the molecule is COc1ccccc1-n1nnnc1SCc1cc(C)cc(C)c1. The first-order chi connectivity index (χ1) is 11.2. The topological polar surface area (TPSA) is 52.8 Å². The summed E-state index contributed by atoms with van der Waals surface area (Å²) >= 11 is 1.61. The molecule has 1 heterocycles. The van der Waals surface area contributed by atoms with Gasteiger partial charge in [0.1, 0.15) is 11.4 Å². The number of nitrogens with zero attached hydrogens (tertiary/aromatic N) is 4. The van der Waals surface area contributed by atoms with E-state index < -0.39 is 0 Å². The van der Waals surface area contributed by atoms with Crippen LogP contribution < -0.4 is 4.74 Å². The second-order valence-electron chi connectivity index (χ2n) is 5.33. The van der Waals surface area contributed by atoms with Crippen LogP contribution in [0, 0.1) is 13.8 Å². The minimum absolute atomic E-state index is 0.744. The van der Waals surface area contributed by atoms with Crippen LogP contribution in [0.2, 0.25) is 0 Å². The fraction of sp³-hybridized carbons (Fsp3) is 0.235. The molecule has 0 N–H and O–H groups in total. The number of rotatable bonds is 5. The first-order valence-corrected chi connectivity index (χ1v) is 8.27. The van der Waals surface area contributed by atoms with E-state index >= 15 is 0 Å². The van der Waals surface area contributed by atoms with E-state index in [1.807, 2.05) is 24.3 Å². The third kappa shape index (κ3) is 3.53. The summed E-state index contributed by atoms with van der Waals surface area (Å²) in [7, 11) is 1.64. The van der Waals surface area contributed by atoms with Gasteiger partial charge < -0.3 is 4.74 Å². The van der Waals surface area contributed by atoms with Gasteiger partial charge in [-0.05, 0) is 42.0 Å². The molecular formula is C17H18N4OS. The highest BCUT2D eigenvalue weighted by Gasteiger charge is 2.13. The van der Waals surface area contributed by atoms with Crippen molar-refractivity contribution < 1.29 is 4.74 Å². The zero-order valence-corrected chi connectivity index (χ0v) is 14.2. The van der Waals surface area contributed by atoms with Gasteiger partial charge in [0.05, 0.1) is 7.11 Å². The standard InChI is InChI=1S/C17H18N4OS/c1-12-8-13(2)10-14(9-12)11-23-17-18-19-20-21(17)15-6-4-5-7-16(15)22-3/h4-10H,11H2,1-3H3. The number of hydrogen-bond donors (Lipinski definition) is 0. The van der Waals surface area contributed by atoms with E-state index in [-0.39, 0.29) is 0 Å². The van der Waals surface area contributed by atoms with Gasteiger partial charge in [-0.1, -0.05) is 53.2 Å². The van der Waals surface area contributed by atoms with Crippen LogP contribution in [0.15, 0.2) is 47.6 Å². The molecule has 0 unspecified atom stereocenters. The van der Waals surface area contributed by atoms with Crippen molar-refractivity contribution in [3.8, 4) is 11.4 Å². The number of ether oxygens (including phenoxy) is 1. The number of thioether (sulfide) groups is 1. The van der Waals surface area contributed by atoms with E-state index in [1.165, 1.54) is 16.7 Å². The summed E-state index contributed by atoms with van der Waals surface area (Å²) in [6.07, 6.45) is 0. The van der Waals surface area contributed by atoms with E-state index in [0.29, 0.717) is 0 Å². The Morgan fingerprint density at radius 3 is 2.57 bits per heavy atom. The molecule has 3 rings (SSSR count). The van der Waals surface area contributed by atoms with Gasteiger partial charge in [-0.15, -0.1) is 5.10 Å². The molecule has 0 fully saturated rings. The highest BCUT2D eigenvalue weighted by molar-refractivity contribution is 7.98. The van der Waals surface area contributed by atoms with Crippen LogP contribution in [0.5, 0.6) is 5.75 Å². The van der Waals surface area contributed by atoms with Crippen molar-refractivity contribution in [2.24, 2.45) is 0 Å². The van der Waals surface area contributed by atoms with Crippen LogP contribution in [0.1, 0.15) is 16.7 Å². The van der Waals surface area contributed by atoms with E-state index in [9.17, 15) is 0 Å². The van der Waals surface area contributed by atoms with Gasteiger partial charge in [-0.3, -0.25) is 0 Å². The summed E-state index contributed by atoms with van der Waals surface area (Å²) in [4.78, 5) is 0. The van der Waals surface area contributed by atoms with Crippen LogP contribution in [0.3, 0.4) is 0 Å². The van der Waals surface area contributed by atoms with E-state index in [1.54, 1.807) is 23.6 Å². The maximum atomic E-state index is 5.39. The second-order valence-corrected chi connectivity index (χ2v) is 6.27. The summed E-state index contributed by atoms with van der Waals surface area (Å²) in [6.45, 7) is 4.22. The molecule has 118 valence electrons. The number of benzene rings is 2. The monoisotopic (exact) mass is 326 g/mol. The van der Waals surface area contributed by atoms with Gasteiger partial charge in [-0.25, -0.2) is 0 Å². The third-order valence-electron chi connectivity index (χ3n) is 3.40. The molecule has 0 bridgehead atoms. The van der Waals surface area contributed by atoms with E-state index in [0.717, 1.165) is 22.3 Å². The lowest BCUT2D eigenvalue weighted by Gasteiger charge is -2.09. The first kappa shape index (κ1) is 15.6. The molecule has 0 aliphatic heterocycles. The van der Waals surface area contributed by atoms with Crippen molar-refractivity contribution in [2.45, 2.75) is 24.8 Å². The Morgan fingerprint density at radius 1 is 1.09 bits per heavy atom. The van der Waals surface area contributed by atoms with Gasteiger partial charge >= 0.3 is 0 Å². The van der Waals surface area contributed by atoms with Gasteiger partial charge in [-0.2, -0.15) is 4.68 Å². The molecule has 0 amide bonds. The molecule has 0 saturated heterocycles. The lowest BCUT2D eigenvalue weighted by Crippen LogP contribution is -2.01. The minimum atomic E-state index is 0.744. The Kier molecular flexibility index (Phi) is 4.62. The van der Waals surface area contributed by atoms with Crippen molar-refractivity contribution in [2.75, 3.05) is 7.11 Å². The van der Waals surface area contributed by atoms with E-state index in [4.69, 9.17) is 4.74 Å². The van der Waals surface area contributed by atoms with Crippen LogP contribution in [-0.4, -0.2) is 27.3 Å². The highest BCUT2D eigenvalue weighted by atomic mass is 32.2. The number of methoxy groups -OCH3 is 1. The number of aryl methyl sites for hydroxylation is 2. The minimum Gasteiger partial charge on any atom is -0.494 e. The molecule has 0 saturated carbocycles. The van der Waals surface area contributed by atoms with Crippen LogP contribution in [-0.2, 0) is 5.75 Å². The lowest BCUT2D eigenvalue weighted by molar-refractivity contribution is 0.410. The molecule has 0 atom stereocenters. The zero-order valence-electron chi connectivity index (χ0n) is 13.4. The van der Waals surface area contributed by atoms with Crippen molar-refractivity contribution in [1.29, 1.82) is 0 Å². The Labute approximate surface area is 139 Å². The molecule has 5 nitrogen and oxygen atoms in total. The fourth-order valence-corrected chi connectivity index (χ4v) is 3.34. The zero-order chi connectivity index (χ0) is 16.2. The van der Waals surface area contributed by atoms with Gasteiger partial charge in [0.25, 0.3) is 0 Å². The van der Waals surface area contributed by atoms with Crippen molar-refractivity contribution in [1.82, 2.24) is 20.2 Å². The number of para-hydroxylation sites is 2. The molecule has 0 radical (unpaired) electrons. The summed E-state index contributed by atoms with van der Waals surface area (Å²) in [5.41, 5.74) is 4.64. The average Bonchev–Trinajstić information content (AvgIpc) is 3.00.